The standard InChI is InChI=1S/C15H19N3O2/c1-3-14(15(19)20-2)17-13-6-4-5-12(9-13)10-18-8-7-16-11-18/h4-9,11,14,17H,3,10H2,1-2H3. The summed E-state index contributed by atoms with van der Waals surface area (Å²) in [4.78, 5) is 15.6. The van der Waals surface area contributed by atoms with Gasteiger partial charge in [0.05, 0.1) is 13.4 Å². The highest BCUT2D eigenvalue weighted by Crippen LogP contribution is 2.14. The van der Waals surface area contributed by atoms with E-state index >= 15 is 0 Å². The minimum absolute atomic E-state index is 0.243. The Hall–Kier alpha value is -2.30. The Balaban J connectivity index is 2.07. The fourth-order valence-corrected chi connectivity index (χ4v) is 2.02. The van der Waals surface area contributed by atoms with Gasteiger partial charge < -0.3 is 14.6 Å². The number of hydrogen-bond donors (Lipinski definition) is 1. The summed E-state index contributed by atoms with van der Waals surface area (Å²) in [5.74, 6) is -0.243. The van der Waals surface area contributed by atoms with Crippen LogP contribution >= 0.6 is 0 Å². The number of benzene rings is 1. The van der Waals surface area contributed by atoms with E-state index < -0.39 is 0 Å². The Labute approximate surface area is 118 Å². The lowest BCUT2D eigenvalue weighted by Gasteiger charge is -2.16. The zero-order valence-corrected chi connectivity index (χ0v) is 11.7. The van der Waals surface area contributed by atoms with Crippen LogP contribution in [0, 0.1) is 0 Å². The Kier molecular flexibility index (Phi) is 4.76. The number of ether oxygens (including phenoxy) is 1. The van der Waals surface area contributed by atoms with Crippen molar-refractivity contribution in [2.45, 2.75) is 25.9 Å². The van der Waals surface area contributed by atoms with Gasteiger partial charge in [-0.25, -0.2) is 9.78 Å². The van der Waals surface area contributed by atoms with Crippen LogP contribution < -0.4 is 5.32 Å². The van der Waals surface area contributed by atoms with Crippen LogP contribution in [0.5, 0.6) is 0 Å². The molecular formula is C15H19N3O2. The number of rotatable bonds is 6. The molecule has 1 aromatic heterocycles. The number of imidazole rings is 1. The molecule has 2 aromatic rings. The van der Waals surface area contributed by atoms with Gasteiger partial charge in [-0.1, -0.05) is 19.1 Å². The van der Waals surface area contributed by atoms with E-state index in [0.29, 0.717) is 6.42 Å². The first-order chi connectivity index (χ1) is 9.72. The number of carbonyl (C=O) groups excluding carboxylic acids is 1. The van der Waals surface area contributed by atoms with Crippen LogP contribution in [0.3, 0.4) is 0 Å². The number of hydrogen-bond acceptors (Lipinski definition) is 4. The topological polar surface area (TPSA) is 56.2 Å². The van der Waals surface area contributed by atoms with Crippen molar-refractivity contribution < 1.29 is 9.53 Å². The zero-order chi connectivity index (χ0) is 14.4. The molecule has 1 atom stereocenters. The third-order valence-corrected chi connectivity index (χ3v) is 3.09. The van der Waals surface area contributed by atoms with Gasteiger partial charge in [-0.15, -0.1) is 0 Å². The van der Waals surface area contributed by atoms with Gasteiger partial charge in [-0.05, 0) is 24.1 Å². The molecule has 20 heavy (non-hydrogen) atoms. The van der Waals surface area contributed by atoms with Gasteiger partial charge in [0.2, 0.25) is 0 Å². The maximum atomic E-state index is 11.6. The zero-order valence-electron chi connectivity index (χ0n) is 11.7. The summed E-state index contributed by atoms with van der Waals surface area (Å²) >= 11 is 0. The van der Waals surface area contributed by atoms with Crippen molar-refractivity contribution in [3.8, 4) is 0 Å². The fourth-order valence-electron chi connectivity index (χ4n) is 2.02. The van der Waals surface area contributed by atoms with Gasteiger partial charge in [0.1, 0.15) is 6.04 Å². The molecule has 1 heterocycles. The third-order valence-electron chi connectivity index (χ3n) is 3.09. The van der Waals surface area contributed by atoms with Gasteiger partial charge in [0.25, 0.3) is 0 Å². The van der Waals surface area contributed by atoms with Crippen molar-refractivity contribution in [3.05, 3.63) is 48.5 Å². The SMILES string of the molecule is CCC(Nc1cccc(Cn2ccnc2)c1)C(=O)OC. The van der Waals surface area contributed by atoms with Crippen LogP contribution in [-0.4, -0.2) is 28.7 Å². The van der Waals surface area contributed by atoms with E-state index in [1.807, 2.05) is 42.0 Å². The number of esters is 1. The summed E-state index contributed by atoms with van der Waals surface area (Å²) in [6, 6.07) is 7.68. The lowest BCUT2D eigenvalue weighted by atomic mass is 10.1. The summed E-state index contributed by atoms with van der Waals surface area (Å²) < 4.78 is 6.77. The average Bonchev–Trinajstić information content (AvgIpc) is 2.97. The minimum Gasteiger partial charge on any atom is -0.467 e. The van der Waals surface area contributed by atoms with Crippen LogP contribution in [0.1, 0.15) is 18.9 Å². The van der Waals surface area contributed by atoms with Gasteiger partial charge in [0, 0.05) is 24.6 Å². The van der Waals surface area contributed by atoms with E-state index in [1.165, 1.54) is 7.11 Å². The van der Waals surface area contributed by atoms with E-state index in [-0.39, 0.29) is 12.0 Å². The first-order valence-electron chi connectivity index (χ1n) is 6.62. The Morgan fingerprint density at radius 1 is 1.50 bits per heavy atom. The number of anilines is 1. The van der Waals surface area contributed by atoms with Gasteiger partial charge in [0.15, 0.2) is 0 Å². The van der Waals surface area contributed by atoms with E-state index in [1.54, 1.807) is 12.5 Å². The second kappa shape index (κ2) is 6.75. The van der Waals surface area contributed by atoms with E-state index in [4.69, 9.17) is 4.74 Å². The number of methoxy groups -OCH3 is 1. The van der Waals surface area contributed by atoms with E-state index in [2.05, 4.69) is 10.3 Å². The predicted molar refractivity (Wildman–Crippen MR) is 77.5 cm³/mol. The molecule has 0 radical (unpaired) electrons. The molecular weight excluding hydrogens is 254 g/mol. The normalized spacial score (nSPS) is 11.9. The number of nitrogens with one attached hydrogen (secondary N) is 1. The highest BCUT2D eigenvalue weighted by atomic mass is 16.5. The number of nitrogens with zero attached hydrogens (tertiary/aromatic N) is 2. The molecule has 1 N–H and O–H groups in total. The summed E-state index contributed by atoms with van der Waals surface area (Å²) in [6.07, 6.45) is 6.14. The van der Waals surface area contributed by atoms with Gasteiger partial charge in [-0.3, -0.25) is 0 Å². The molecule has 0 saturated carbocycles. The van der Waals surface area contributed by atoms with Crippen molar-refractivity contribution in [2.24, 2.45) is 0 Å². The fraction of sp³-hybridized carbons (Fsp3) is 0.333. The largest absolute Gasteiger partial charge is 0.467 e. The van der Waals surface area contributed by atoms with E-state index in [9.17, 15) is 4.79 Å². The Bertz CT molecular complexity index is 552. The summed E-state index contributed by atoms with van der Waals surface area (Å²) in [7, 11) is 1.40. The van der Waals surface area contributed by atoms with Crippen LogP contribution in [0.4, 0.5) is 5.69 Å². The van der Waals surface area contributed by atoms with Crippen molar-refractivity contribution in [3.63, 3.8) is 0 Å². The third kappa shape index (κ3) is 3.60. The minimum atomic E-state index is -0.316. The molecule has 0 fully saturated rings. The van der Waals surface area contributed by atoms with Crippen LogP contribution in [0.15, 0.2) is 43.0 Å². The highest BCUT2D eigenvalue weighted by Gasteiger charge is 2.16. The quantitative estimate of drug-likeness (QED) is 0.820. The van der Waals surface area contributed by atoms with Crippen LogP contribution in [0.2, 0.25) is 0 Å². The van der Waals surface area contributed by atoms with Crippen molar-refractivity contribution in [1.82, 2.24) is 9.55 Å². The molecule has 106 valence electrons. The molecule has 0 saturated heterocycles. The van der Waals surface area contributed by atoms with Crippen LogP contribution in [-0.2, 0) is 16.1 Å². The Morgan fingerprint density at radius 3 is 3.00 bits per heavy atom. The smallest absolute Gasteiger partial charge is 0.328 e. The summed E-state index contributed by atoms with van der Waals surface area (Å²) in [6.45, 7) is 2.70. The van der Waals surface area contributed by atoms with Crippen molar-refractivity contribution in [2.75, 3.05) is 12.4 Å². The summed E-state index contributed by atoms with van der Waals surface area (Å²) in [5, 5.41) is 3.20. The predicted octanol–water partition coefficient (Wildman–Crippen LogP) is 2.29. The molecule has 5 heteroatoms. The Morgan fingerprint density at radius 2 is 2.35 bits per heavy atom. The maximum absolute atomic E-state index is 11.6. The van der Waals surface area contributed by atoms with E-state index in [0.717, 1.165) is 17.8 Å². The van der Waals surface area contributed by atoms with Crippen LogP contribution in [0.25, 0.3) is 0 Å². The second-order valence-electron chi connectivity index (χ2n) is 4.56. The van der Waals surface area contributed by atoms with Gasteiger partial charge >= 0.3 is 5.97 Å². The second-order valence-corrected chi connectivity index (χ2v) is 4.56. The number of aromatic nitrogens is 2. The average molecular weight is 273 g/mol. The van der Waals surface area contributed by atoms with Crippen molar-refractivity contribution in [1.29, 1.82) is 0 Å². The van der Waals surface area contributed by atoms with Gasteiger partial charge in [-0.2, -0.15) is 0 Å². The molecule has 5 nitrogen and oxygen atoms in total. The molecule has 1 unspecified atom stereocenters. The molecule has 0 aliphatic rings. The molecule has 2 rings (SSSR count). The number of carbonyl (C=O) groups is 1. The maximum Gasteiger partial charge on any atom is 0.328 e. The lowest BCUT2D eigenvalue weighted by Crippen LogP contribution is -2.29. The highest BCUT2D eigenvalue weighted by molar-refractivity contribution is 5.79. The molecule has 0 aliphatic carbocycles. The molecule has 0 bridgehead atoms. The molecule has 0 spiro atoms. The molecule has 0 aliphatic heterocycles. The lowest BCUT2D eigenvalue weighted by molar-refractivity contribution is -0.141. The summed E-state index contributed by atoms with van der Waals surface area (Å²) in [5.41, 5.74) is 2.06. The first kappa shape index (κ1) is 14.1. The molecule has 1 aromatic carbocycles. The molecule has 0 amide bonds. The van der Waals surface area contributed by atoms with Crippen molar-refractivity contribution >= 4 is 11.7 Å². The first-order valence-corrected chi connectivity index (χ1v) is 6.62. The monoisotopic (exact) mass is 273 g/mol.